The molecule has 4 rings (SSSR count). The van der Waals surface area contributed by atoms with Crippen molar-refractivity contribution in [2.75, 3.05) is 0 Å². The minimum Gasteiger partial charge on any atom is -0.511 e. The number of rotatable bonds is 4. The number of carbonyl (C=O) groups is 1. The average molecular weight is 391 g/mol. The largest absolute Gasteiger partial charge is 0.511 e. The number of fused-ring (bicyclic) bond motifs is 2. The smallest absolute Gasteiger partial charge is 0.173 e. The minimum atomic E-state index is -0.446. The second kappa shape index (κ2) is 6.76. The fraction of sp³-hybridized carbons (Fsp3) is 0.423. The predicted molar refractivity (Wildman–Crippen MR) is 116 cm³/mol. The van der Waals surface area contributed by atoms with Crippen molar-refractivity contribution in [3.05, 3.63) is 64.9 Å². The second-order valence-electron chi connectivity index (χ2n) is 9.32. The highest BCUT2D eigenvalue weighted by atomic mass is 16.5. The lowest BCUT2D eigenvalue weighted by Crippen LogP contribution is -2.45. The molecule has 0 heterocycles. The van der Waals surface area contributed by atoms with E-state index >= 15 is 0 Å². The number of hydrogen-bond acceptors (Lipinski definition) is 3. The molecular weight excluding hydrogens is 360 g/mol. The van der Waals surface area contributed by atoms with Gasteiger partial charge in [0, 0.05) is 11.3 Å². The number of ether oxygens (including phenoxy) is 1. The van der Waals surface area contributed by atoms with E-state index in [-0.39, 0.29) is 22.9 Å². The van der Waals surface area contributed by atoms with E-state index in [2.05, 4.69) is 27.7 Å². The molecule has 0 aliphatic heterocycles. The fourth-order valence-electron chi connectivity index (χ4n) is 5.11. The van der Waals surface area contributed by atoms with Crippen molar-refractivity contribution in [2.45, 2.75) is 53.9 Å². The summed E-state index contributed by atoms with van der Waals surface area (Å²) < 4.78 is 6.05. The lowest BCUT2D eigenvalue weighted by molar-refractivity contribution is -0.128. The van der Waals surface area contributed by atoms with Crippen molar-refractivity contribution in [3.8, 4) is 11.5 Å². The normalized spacial score (nSPS) is 25.4. The van der Waals surface area contributed by atoms with Gasteiger partial charge >= 0.3 is 0 Å². The molecule has 3 heteroatoms. The van der Waals surface area contributed by atoms with Crippen LogP contribution in [0.4, 0.5) is 0 Å². The van der Waals surface area contributed by atoms with Crippen molar-refractivity contribution in [3.63, 3.8) is 0 Å². The molecule has 2 bridgehead atoms. The number of hydrogen-bond donors (Lipinski definition) is 1. The number of carbonyl (C=O) groups excluding carboxylic acids is 1. The Labute approximate surface area is 173 Å². The van der Waals surface area contributed by atoms with Gasteiger partial charge in [-0.25, -0.2) is 0 Å². The summed E-state index contributed by atoms with van der Waals surface area (Å²) in [6.45, 7) is 10.4. The number of benzene rings is 2. The van der Waals surface area contributed by atoms with Gasteiger partial charge in [-0.15, -0.1) is 0 Å². The first-order valence-electron chi connectivity index (χ1n) is 10.5. The number of allylic oxidation sites excluding steroid dienone is 2. The summed E-state index contributed by atoms with van der Waals surface area (Å²) >= 11 is 0. The molecule has 152 valence electrons. The van der Waals surface area contributed by atoms with E-state index in [0.29, 0.717) is 11.3 Å². The molecule has 0 saturated heterocycles. The van der Waals surface area contributed by atoms with Crippen molar-refractivity contribution in [1.82, 2.24) is 0 Å². The quantitative estimate of drug-likeness (QED) is 0.636. The molecule has 0 radical (unpaired) electrons. The van der Waals surface area contributed by atoms with Crippen LogP contribution < -0.4 is 4.74 Å². The third kappa shape index (κ3) is 2.90. The molecule has 2 aliphatic rings. The third-order valence-corrected chi connectivity index (χ3v) is 7.53. The van der Waals surface area contributed by atoms with Crippen molar-refractivity contribution in [1.29, 1.82) is 0 Å². The van der Waals surface area contributed by atoms with Crippen LogP contribution in [0.1, 0.15) is 57.2 Å². The highest BCUT2D eigenvalue weighted by molar-refractivity contribution is 6.25. The molecule has 0 unspecified atom stereocenters. The molecular formula is C26H30O3. The van der Waals surface area contributed by atoms with E-state index in [1.807, 2.05) is 49.4 Å². The number of aryl methyl sites for hydroxylation is 2. The highest BCUT2D eigenvalue weighted by Gasteiger charge is 2.61. The number of aliphatic hydroxyl groups excluding tert-OH is 1. The van der Waals surface area contributed by atoms with Crippen molar-refractivity contribution in [2.24, 2.45) is 16.7 Å². The summed E-state index contributed by atoms with van der Waals surface area (Å²) in [4.78, 5) is 13.6. The van der Waals surface area contributed by atoms with Gasteiger partial charge in [0.15, 0.2) is 5.78 Å². The first-order chi connectivity index (χ1) is 13.7. The Morgan fingerprint density at radius 1 is 1.07 bits per heavy atom. The average Bonchev–Trinajstić information content (AvgIpc) is 2.87. The Kier molecular flexibility index (Phi) is 4.60. The Balaban J connectivity index is 1.80. The van der Waals surface area contributed by atoms with E-state index in [1.165, 1.54) is 5.56 Å². The SMILES string of the molecule is CCc1ccc(Oc2ccc(C)cc2)cc1C1=C(O)[C@@H]2CC[C@](C)(C1=O)C2(C)C. The van der Waals surface area contributed by atoms with Crippen LogP contribution in [-0.2, 0) is 11.2 Å². The van der Waals surface area contributed by atoms with Crippen LogP contribution in [0.5, 0.6) is 11.5 Å². The number of ketones is 1. The van der Waals surface area contributed by atoms with Crippen LogP contribution in [0.25, 0.3) is 5.57 Å². The summed E-state index contributed by atoms with van der Waals surface area (Å²) in [6, 6.07) is 13.8. The topological polar surface area (TPSA) is 46.5 Å². The van der Waals surface area contributed by atoms with Gasteiger partial charge in [0.2, 0.25) is 0 Å². The summed E-state index contributed by atoms with van der Waals surface area (Å²) in [6.07, 6.45) is 2.46. The third-order valence-electron chi connectivity index (χ3n) is 7.53. The van der Waals surface area contributed by atoms with Crippen LogP contribution in [0.15, 0.2) is 48.2 Å². The van der Waals surface area contributed by atoms with E-state index in [1.54, 1.807) is 0 Å². The van der Waals surface area contributed by atoms with E-state index in [4.69, 9.17) is 4.74 Å². The molecule has 29 heavy (non-hydrogen) atoms. The molecule has 0 spiro atoms. The summed E-state index contributed by atoms with van der Waals surface area (Å²) in [5.74, 6) is 1.78. The molecule has 2 aliphatic carbocycles. The van der Waals surface area contributed by atoms with Crippen LogP contribution in [-0.4, -0.2) is 10.9 Å². The zero-order valence-electron chi connectivity index (χ0n) is 18.0. The van der Waals surface area contributed by atoms with Gasteiger partial charge in [-0.3, -0.25) is 4.79 Å². The van der Waals surface area contributed by atoms with Crippen molar-refractivity contribution < 1.29 is 14.6 Å². The number of Topliss-reactive ketones (excluding diaryl/α,β-unsaturated/α-hetero) is 1. The van der Waals surface area contributed by atoms with Gasteiger partial charge in [0.05, 0.1) is 5.57 Å². The molecule has 1 fully saturated rings. The maximum Gasteiger partial charge on any atom is 0.173 e. The lowest BCUT2D eigenvalue weighted by Gasteiger charge is -2.45. The first-order valence-corrected chi connectivity index (χ1v) is 10.5. The monoisotopic (exact) mass is 390 g/mol. The summed E-state index contributed by atoms with van der Waals surface area (Å²) in [7, 11) is 0. The van der Waals surface area contributed by atoms with Crippen LogP contribution in [0.2, 0.25) is 0 Å². The summed E-state index contributed by atoms with van der Waals surface area (Å²) in [5.41, 5.74) is 2.86. The molecule has 0 aromatic heterocycles. The van der Waals surface area contributed by atoms with Gasteiger partial charge in [-0.05, 0) is 67.0 Å². The van der Waals surface area contributed by atoms with Gasteiger partial charge < -0.3 is 9.84 Å². The summed E-state index contributed by atoms with van der Waals surface area (Å²) in [5, 5.41) is 11.2. The maximum absolute atomic E-state index is 13.6. The first kappa shape index (κ1) is 19.8. The molecule has 2 atom stereocenters. The Morgan fingerprint density at radius 2 is 1.72 bits per heavy atom. The van der Waals surface area contributed by atoms with Gasteiger partial charge in [-0.1, -0.05) is 51.5 Å². The Morgan fingerprint density at radius 3 is 2.38 bits per heavy atom. The predicted octanol–water partition coefficient (Wildman–Crippen LogP) is 6.64. The van der Waals surface area contributed by atoms with Crippen LogP contribution in [0, 0.1) is 23.7 Å². The van der Waals surface area contributed by atoms with Gasteiger partial charge in [-0.2, -0.15) is 0 Å². The van der Waals surface area contributed by atoms with E-state index in [0.717, 1.165) is 36.1 Å². The number of aliphatic hydroxyl groups is 1. The molecule has 2 aromatic carbocycles. The van der Waals surface area contributed by atoms with E-state index in [9.17, 15) is 9.90 Å². The Bertz CT molecular complexity index is 997. The molecule has 2 aromatic rings. The molecule has 1 N–H and O–H groups in total. The molecule has 0 amide bonds. The van der Waals surface area contributed by atoms with Crippen LogP contribution >= 0.6 is 0 Å². The minimum absolute atomic E-state index is 0.0200. The molecule has 1 saturated carbocycles. The van der Waals surface area contributed by atoms with Crippen LogP contribution in [0.3, 0.4) is 0 Å². The highest BCUT2D eigenvalue weighted by Crippen LogP contribution is 2.63. The zero-order chi connectivity index (χ0) is 21.0. The van der Waals surface area contributed by atoms with Crippen molar-refractivity contribution >= 4 is 11.4 Å². The zero-order valence-corrected chi connectivity index (χ0v) is 18.0. The standard InChI is InChI=1S/C26H30O3/c1-6-17-9-12-19(29-18-10-7-16(2)8-11-18)15-20(17)22-23(27)21-13-14-26(5,24(22)28)25(21,3)4/h7-12,15,21,27H,6,13-14H2,1-5H3/t21-,26+/m0/s1. The molecule has 3 nitrogen and oxygen atoms in total. The second-order valence-corrected chi connectivity index (χ2v) is 9.32. The fourth-order valence-corrected chi connectivity index (χ4v) is 5.11. The van der Waals surface area contributed by atoms with Gasteiger partial charge in [0.1, 0.15) is 17.3 Å². The van der Waals surface area contributed by atoms with Gasteiger partial charge in [0.25, 0.3) is 0 Å². The van der Waals surface area contributed by atoms with E-state index < -0.39 is 5.41 Å². The Hall–Kier alpha value is -2.55. The maximum atomic E-state index is 13.6. The lowest BCUT2D eigenvalue weighted by atomic mass is 9.58.